The number of hydrogen-bond donors (Lipinski definition) is 1. The van der Waals surface area contributed by atoms with E-state index in [-0.39, 0.29) is 24.2 Å². The van der Waals surface area contributed by atoms with Crippen LogP contribution in [-0.4, -0.2) is 29.3 Å². The number of carbonyl (C=O) groups excluding carboxylic acids is 2. The molecule has 2 aromatic heterocycles. The molecule has 0 saturated heterocycles. The number of nitrogens with zero attached hydrogens (tertiary/aromatic N) is 1. The molecule has 5 nitrogen and oxygen atoms in total. The molecule has 0 bridgehead atoms. The van der Waals surface area contributed by atoms with Gasteiger partial charge in [0.05, 0.1) is 18.7 Å². The summed E-state index contributed by atoms with van der Waals surface area (Å²) in [5.41, 5.74) is 9.52. The average Bonchev–Trinajstić information content (AvgIpc) is 2.86. The number of carbonyl (C=O) groups is 2. The summed E-state index contributed by atoms with van der Waals surface area (Å²) in [6, 6.07) is 5.86. The minimum Gasteiger partial charge on any atom is -0.466 e. The molecule has 22 heavy (non-hydrogen) atoms. The van der Waals surface area contributed by atoms with E-state index in [0.717, 1.165) is 35.9 Å². The fourth-order valence-corrected chi connectivity index (χ4v) is 3.34. The number of ketones is 1. The molecule has 2 N–H and O–H groups in total. The van der Waals surface area contributed by atoms with Crippen LogP contribution in [0.1, 0.15) is 35.0 Å². The van der Waals surface area contributed by atoms with E-state index >= 15 is 0 Å². The van der Waals surface area contributed by atoms with Crippen molar-refractivity contribution in [2.75, 3.05) is 13.2 Å². The molecule has 1 atom stereocenters. The summed E-state index contributed by atoms with van der Waals surface area (Å²) < 4.78 is 7.24. The summed E-state index contributed by atoms with van der Waals surface area (Å²) in [5, 5.41) is 0. The molecule has 0 saturated carbocycles. The summed E-state index contributed by atoms with van der Waals surface area (Å²) in [6.45, 7) is 1.84. The van der Waals surface area contributed by atoms with E-state index in [0.29, 0.717) is 6.61 Å². The maximum absolute atomic E-state index is 12.3. The highest BCUT2D eigenvalue weighted by Crippen LogP contribution is 2.33. The first-order valence-electron chi connectivity index (χ1n) is 7.59. The number of nitrogens with two attached hydrogens (primary N) is 1. The zero-order valence-corrected chi connectivity index (χ0v) is 12.7. The van der Waals surface area contributed by atoms with Crippen LogP contribution in [-0.2, 0) is 22.4 Å². The Morgan fingerprint density at radius 2 is 2.23 bits per heavy atom. The minimum atomic E-state index is -0.258. The van der Waals surface area contributed by atoms with E-state index in [1.807, 2.05) is 24.4 Å². The normalized spacial score (nSPS) is 17.3. The second-order valence-corrected chi connectivity index (χ2v) is 5.79. The molecular formula is C17H20N2O3. The van der Waals surface area contributed by atoms with E-state index < -0.39 is 0 Å². The van der Waals surface area contributed by atoms with Gasteiger partial charge in [0.15, 0.2) is 5.78 Å². The van der Waals surface area contributed by atoms with Gasteiger partial charge in [-0.2, -0.15) is 0 Å². The van der Waals surface area contributed by atoms with Crippen molar-refractivity contribution in [1.82, 2.24) is 4.40 Å². The lowest BCUT2D eigenvalue weighted by molar-refractivity contribution is -0.142. The van der Waals surface area contributed by atoms with Crippen LogP contribution in [0.4, 0.5) is 0 Å². The van der Waals surface area contributed by atoms with Crippen molar-refractivity contribution < 1.29 is 14.3 Å². The number of aromatic nitrogens is 1. The molecule has 0 spiro atoms. The van der Waals surface area contributed by atoms with Crippen LogP contribution in [0.3, 0.4) is 0 Å². The predicted octanol–water partition coefficient (Wildman–Crippen LogP) is 1.75. The highest BCUT2D eigenvalue weighted by atomic mass is 16.5. The molecule has 0 fully saturated rings. The monoisotopic (exact) mass is 300 g/mol. The molecule has 1 unspecified atom stereocenters. The number of rotatable bonds is 4. The highest BCUT2D eigenvalue weighted by Gasteiger charge is 2.28. The first-order chi connectivity index (χ1) is 10.6. The smallest absolute Gasteiger partial charge is 0.302 e. The van der Waals surface area contributed by atoms with Crippen LogP contribution < -0.4 is 5.73 Å². The first-order valence-corrected chi connectivity index (χ1v) is 7.59. The molecule has 1 aliphatic carbocycles. The van der Waals surface area contributed by atoms with E-state index in [1.54, 1.807) is 0 Å². The summed E-state index contributed by atoms with van der Waals surface area (Å²) in [6.07, 6.45) is 4.58. The Morgan fingerprint density at radius 3 is 2.95 bits per heavy atom. The van der Waals surface area contributed by atoms with Crippen LogP contribution >= 0.6 is 0 Å². The molecule has 0 aliphatic heterocycles. The number of fused-ring (bicyclic) bond motifs is 3. The molecule has 5 heteroatoms. The third-order valence-corrected chi connectivity index (χ3v) is 4.33. The van der Waals surface area contributed by atoms with Gasteiger partial charge in [-0.1, -0.05) is 6.07 Å². The second kappa shape index (κ2) is 5.93. The quantitative estimate of drug-likeness (QED) is 0.689. The van der Waals surface area contributed by atoms with Crippen molar-refractivity contribution in [3.8, 4) is 0 Å². The Morgan fingerprint density at radius 1 is 1.41 bits per heavy atom. The van der Waals surface area contributed by atoms with Gasteiger partial charge in [-0.05, 0) is 42.9 Å². The fourth-order valence-electron chi connectivity index (χ4n) is 3.34. The van der Waals surface area contributed by atoms with Crippen molar-refractivity contribution >= 4 is 17.3 Å². The maximum atomic E-state index is 12.3. The van der Waals surface area contributed by atoms with Gasteiger partial charge < -0.3 is 14.9 Å². The van der Waals surface area contributed by atoms with Crippen molar-refractivity contribution in [1.29, 1.82) is 0 Å². The fraction of sp³-hybridized carbons (Fsp3) is 0.412. The van der Waals surface area contributed by atoms with E-state index in [1.165, 1.54) is 12.6 Å². The predicted molar refractivity (Wildman–Crippen MR) is 82.9 cm³/mol. The zero-order valence-electron chi connectivity index (χ0n) is 12.7. The molecule has 3 rings (SSSR count). The second-order valence-electron chi connectivity index (χ2n) is 5.79. The number of esters is 1. The molecule has 116 valence electrons. The average molecular weight is 300 g/mol. The van der Waals surface area contributed by atoms with Crippen LogP contribution in [0.5, 0.6) is 0 Å². The van der Waals surface area contributed by atoms with Gasteiger partial charge in [0.25, 0.3) is 0 Å². The molecule has 2 aromatic rings. The van der Waals surface area contributed by atoms with Crippen molar-refractivity contribution in [3.63, 3.8) is 0 Å². The third kappa shape index (κ3) is 2.52. The Kier molecular flexibility index (Phi) is 3.98. The van der Waals surface area contributed by atoms with Crippen LogP contribution in [0.2, 0.25) is 0 Å². The Labute approximate surface area is 129 Å². The molecular weight excluding hydrogens is 280 g/mol. The van der Waals surface area contributed by atoms with Crippen molar-refractivity contribution in [2.24, 2.45) is 11.7 Å². The summed E-state index contributed by atoms with van der Waals surface area (Å²) in [7, 11) is 0. The van der Waals surface area contributed by atoms with E-state index in [9.17, 15) is 9.59 Å². The lowest BCUT2D eigenvalue weighted by Crippen LogP contribution is -2.22. The lowest BCUT2D eigenvalue weighted by atomic mass is 9.85. The number of aryl methyl sites for hydroxylation is 1. The van der Waals surface area contributed by atoms with Crippen molar-refractivity contribution in [2.45, 2.75) is 26.2 Å². The number of hydrogen-bond acceptors (Lipinski definition) is 4. The van der Waals surface area contributed by atoms with Gasteiger partial charge in [0, 0.05) is 24.4 Å². The Balaban J connectivity index is 2.01. The number of Topliss-reactive ketones (excluding diaryl/α,β-unsaturated/α-hetero) is 1. The summed E-state index contributed by atoms with van der Waals surface area (Å²) >= 11 is 0. The van der Waals surface area contributed by atoms with Crippen LogP contribution in [0, 0.1) is 5.92 Å². The van der Waals surface area contributed by atoms with Crippen molar-refractivity contribution in [3.05, 3.63) is 41.2 Å². The lowest BCUT2D eigenvalue weighted by Gasteiger charge is -2.23. The van der Waals surface area contributed by atoms with Gasteiger partial charge in [-0.15, -0.1) is 0 Å². The molecule has 0 amide bonds. The summed E-state index contributed by atoms with van der Waals surface area (Å²) in [4.78, 5) is 23.3. The van der Waals surface area contributed by atoms with Gasteiger partial charge in [0.2, 0.25) is 0 Å². The van der Waals surface area contributed by atoms with Gasteiger partial charge in [-0.3, -0.25) is 9.59 Å². The van der Waals surface area contributed by atoms with Gasteiger partial charge >= 0.3 is 5.97 Å². The van der Waals surface area contributed by atoms with Gasteiger partial charge in [-0.25, -0.2) is 0 Å². The topological polar surface area (TPSA) is 73.8 Å². The minimum absolute atomic E-state index is 0.00954. The SMILES string of the molecule is CC(=O)OCC1CCc2c(c(C(=O)CN)c3ccccn23)C1. The first kappa shape index (κ1) is 14.8. The highest BCUT2D eigenvalue weighted by molar-refractivity contribution is 6.05. The molecule has 2 heterocycles. The Bertz CT molecular complexity index is 733. The largest absolute Gasteiger partial charge is 0.466 e. The van der Waals surface area contributed by atoms with E-state index in [2.05, 4.69) is 4.40 Å². The standard InChI is InChI=1S/C17H20N2O3/c1-11(20)22-10-12-5-6-14-13(8-12)17(16(21)9-18)15-4-2-3-7-19(14)15/h2-4,7,12H,5-6,8-10,18H2,1H3. The number of pyridine rings is 1. The van der Waals surface area contributed by atoms with Gasteiger partial charge in [0.1, 0.15) is 0 Å². The van der Waals surface area contributed by atoms with Crippen LogP contribution in [0.15, 0.2) is 24.4 Å². The Hall–Kier alpha value is -2.14. The van der Waals surface area contributed by atoms with E-state index in [4.69, 9.17) is 10.5 Å². The molecule has 0 radical (unpaired) electrons. The summed E-state index contributed by atoms with van der Waals surface area (Å²) in [5.74, 6) is -0.0256. The zero-order chi connectivity index (χ0) is 15.7. The number of ether oxygens (including phenoxy) is 1. The third-order valence-electron chi connectivity index (χ3n) is 4.33. The maximum Gasteiger partial charge on any atom is 0.302 e. The molecule has 1 aliphatic rings. The molecule has 0 aromatic carbocycles. The van der Waals surface area contributed by atoms with Crippen LogP contribution in [0.25, 0.3) is 5.52 Å².